The lowest BCUT2D eigenvalue weighted by Crippen LogP contribution is -2.05. The number of para-hydroxylation sites is 1. The molecule has 0 aliphatic rings. The first-order valence-corrected chi connectivity index (χ1v) is 18.6. The van der Waals surface area contributed by atoms with Crippen LogP contribution in [0.25, 0.3) is 105 Å². The minimum atomic E-state index is 0.621. The second-order valence-electron chi connectivity index (χ2n) is 14.0. The first-order valence-electron chi connectivity index (χ1n) is 18.6. The number of nitrogens with zero attached hydrogens (tertiary/aromatic N) is 4. The fraction of sp³-hybridized carbons (Fsp3) is 0. The molecule has 0 saturated carbocycles. The largest absolute Gasteiger partial charge is 0.308 e. The summed E-state index contributed by atoms with van der Waals surface area (Å²) in [4.78, 5) is 15.7. The molecule has 55 heavy (non-hydrogen) atoms. The van der Waals surface area contributed by atoms with E-state index in [9.17, 15) is 0 Å². The van der Waals surface area contributed by atoms with E-state index < -0.39 is 0 Å². The average molecular weight is 701 g/mol. The molecule has 0 unspecified atom stereocenters. The molecule has 4 nitrogen and oxygen atoms in total. The van der Waals surface area contributed by atoms with Gasteiger partial charge in [-0.25, -0.2) is 15.0 Å². The van der Waals surface area contributed by atoms with E-state index in [0.29, 0.717) is 17.5 Å². The number of hydrogen-bond donors (Lipinski definition) is 0. The van der Waals surface area contributed by atoms with E-state index in [-0.39, 0.29) is 0 Å². The second kappa shape index (κ2) is 12.6. The summed E-state index contributed by atoms with van der Waals surface area (Å²) in [6.45, 7) is 0. The van der Waals surface area contributed by atoms with Crippen molar-refractivity contribution < 1.29 is 0 Å². The van der Waals surface area contributed by atoms with Gasteiger partial charge in [0.25, 0.3) is 0 Å². The van der Waals surface area contributed by atoms with Gasteiger partial charge in [-0.2, -0.15) is 0 Å². The molecular formula is C51H32N4. The Labute approximate surface area is 317 Å². The molecule has 4 heteroatoms. The van der Waals surface area contributed by atoms with Gasteiger partial charge in [0.15, 0.2) is 17.5 Å². The highest BCUT2D eigenvalue weighted by Crippen LogP contribution is 2.44. The molecule has 0 fully saturated rings. The van der Waals surface area contributed by atoms with E-state index in [1.807, 2.05) is 36.4 Å². The van der Waals surface area contributed by atoms with Crippen molar-refractivity contribution in [2.24, 2.45) is 0 Å². The first kappa shape index (κ1) is 31.1. The van der Waals surface area contributed by atoms with Gasteiger partial charge < -0.3 is 4.57 Å². The Morgan fingerprint density at radius 2 is 0.836 bits per heavy atom. The average Bonchev–Trinajstić information content (AvgIpc) is 3.58. The Hall–Kier alpha value is -7.43. The van der Waals surface area contributed by atoms with Gasteiger partial charge in [0.05, 0.1) is 22.3 Å². The molecule has 0 aliphatic carbocycles. The summed E-state index contributed by atoms with van der Waals surface area (Å²) in [6, 6.07) is 68.8. The predicted octanol–water partition coefficient (Wildman–Crippen LogP) is 13.1. The van der Waals surface area contributed by atoms with Crippen LogP contribution in [-0.2, 0) is 0 Å². The Bertz CT molecular complexity index is 3200. The zero-order chi connectivity index (χ0) is 36.3. The van der Waals surface area contributed by atoms with Crippen molar-refractivity contribution in [1.29, 1.82) is 0 Å². The molecule has 0 bridgehead atoms. The number of hydrogen-bond acceptors (Lipinski definition) is 3. The van der Waals surface area contributed by atoms with E-state index in [2.05, 4.69) is 162 Å². The fourth-order valence-corrected chi connectivity index (χ4v) is 8.20. The summed E-state index contributed by atoms with van der Waals surface area (Å²) >= 11 is 0. The zero-order valence-corrected chi connectivity index (χ0v) is 29.8. The van der Waals surface area contributed by atoms with E-state index in [1.54, 1.807) is 0 Å². The smallest absolute Gasteiger partial charge is 0.166 e. The van der Waals surface area contributed by atoms with Crippen molar-refractivity contribution in [3.05, 3.63) is 194 Å². The van der Waals surface area contributed by atoms with Crippen LogP contribution >= 0.6 is 0 Å². The monoisotopic (exact) mass is 700 g/mol. The summed E-state index contributed by atoms with van der Waals surface area (Å²) in [5, 5.41) is 9.42. The zero-order valence-electron chi connectivity index (χ0n) is 29.8. The minimum absolute atomic E-state index is 0.621. The number of benzene rings is 9. The lowest BCUT2D eigenvalue weighted by atomic mass is 9.91. The molecule has 0 radical (unpaired) electrons. The Balaban J connectivity index is 1.31. The van der Waals surface area contributed by atoms with Crippen LogP contribution in [0.15, 0.2) is 194 Å². The lowest BCUT2D eigenvalue weighted by molar-refractivity contribution is 1.07. The summed E-state index contributed by atoms with van der Waals surface area (Å²) in [5.41, 5.74) is 8.37. The molecule has 256 valence electrons. The quantitative estimate of drug-likeness (QED) is 0.179. The Kier molecular flexibility index (Phi) is 7.14. The van der Waals surface area contributed by atoms with E-state index in [1.165, 1.54) is 32.3 Å². The van der Waals surface area contributed by atoms with Crippen molar-refractivity contribution in [2.75, 3.05) is 0 Å². The molecule has 0 spiro atoms. The molecule has 0 saturated heterocycles. The molecule has 0 N–H and O–H groups in total. The number of rotatable bonds is 5. The van der Waals surface area contributed by atoms with Crippen molar-refractivity contribution in [3.63, 3.8) is 0 Å². The van der Waals surface area contributed by atoms with Crippen molar-refractivity contribution in [1.82, 2.24) is 19.5 Å². The van der Waals surface area contributed by atoms with Crippen LogP contribution in [0.4, 0.5) is 0 Å². The van der Waals surface area contributed by atoms with Gasteiger partial charge in [-0.15, -0.1) is 0 Å². The molecule has 0 atom stereocenters. The van der Waals surface area contributed by atoms with Gasteiger partial charge >= 0.3 is 0 Å². The van der Waals surface area contributed by atoms with Crippen LogP contribution in [-0.4, -0.2) is 19.5 Å². The van der Waals surface area contributed by atoms with Crippen molar-refractivity contribution in [3.8, 4) is 51.0 Å². The molecule has 0 aliphatic heterocycles. The molecule has 2 heterocycles. The van der Waals surface area contributed by atoms with Gasteiger partial charge in [0.2, 0.25) is 0 Å². The third-order valence-corrected chi connectivity index (χ3v) is 10.8. The van der Waals surface area contributed by atoms with Crippen LogP contribution in [0.3, 0.4) is 0 Å². The molecule has 9 aromatic carbocycles. The fourth-order valence-electron chi connectivity index (χ4n) is 8.20. The first-order chi connectivity index (χ1) is 27.3. The highest BCUT2D eigenvalue weighted by Gasteiger charge is 2.24. The van der Waals surface area contributed by atoms with Crippen LogP contribution in [0, 0.1) is 0 Å². The SMILES string of the molecule is c1ccc(-c2nc(-c3ccccc3)nc(-c3c(-n4c5ccccc5c5cc6ccccc6cc54)cc(-c4ccc5ccccc5c4)c4ccccc34)n2)cc1. The molecule has 0 amide bonds. The molecule has 11 rings (SSSR count). The van der Waals surface area contributed by atoms with Crippen LogP contribution in [0.5, 0.6) is 0 Å². The van der Waals surface area contributed by atoms with E-state index in [4.69, 9.17) is 15.0 Å². The summed E-state index contributed by atoms with van der Waals surface area (Å²) in [6.07, 6.45) is 0. The normalized spacial score (nSPS) is 11.6. The highest BCUT2D eigenvalue weighted by atomic mass is 15.1. The van der Waals surface area contributed by atoms with Gasteiger partial charge in [0, 0.05) is 21.9 Å². The van der Waals surface area contributed by atoms with Gasteiger partial charge in [-0.05, 0) is 73.8 Å². The number of aromatic nitrogens is 4. The third-order valence-electron chi connectivity index (χ3n) is 10.8. The topological polar surface area (TPSA) is 43.6 Å². The second-order valence-corrected chi connectivity index (χ2v) is 14.0. The van der Waals surface area contributed by atoms with Crippen LogP contribution < -0.4 is 0 Å². The maximum atomic E-state index is 5.34. The maximum Gasteiger partial charge on any atom is 0.166 e. The standard InChI is InChI=1S/C51H32N4/c1-3-16-34(17-4-1)49-52-50(35-18-5-2-6-19-35)54-51(53-49)48-42-25-12-11-23-40(42)43(39-28-27-33-15-7-8-20-36(33)29-39)32-47(48)55-45-26-14-13-24-41(45)44-30-37-21-9-10-22-38(37)31-46(44)55/h1-32H. The van der Waals surface area contributed by atoms with Crippen LogP contribution in [0.1, 0.15) is 0 Å². The maximum absolute atomic E-state index is 5.34. The molecule has 11 aromatic rings. The minimum Gasteiger partial charge on any atom is -0.308 e. The molecular weight excluding hydrogens is 669 g/mol. The third kappa shape index (κ3) is 5.19. The molecule has 2 aromatic heterocycles. The Morgan fingerprint density at radius 3 is 1.53 bits per heavy atom. The van der Waals surface area contributed by atoms with Crippen molar-refractivity contribution in [2.45, 2.75) is 0 Å². The van der Waals surface area contributed by atoms with Gasteiger partial charge in [0.1, 0.15) is 0 Å². The summed E-state index contributed by atoms with van der Waals surface area (Å²) in [7, 11) is 0. The summed E-state index contributed by atoms with van der Waals surface area (Å²) in [5.74, 6) is 1.88. The van der Waals surface area contributed by atoms with Crippen molar-refractivity contribution >= 4 is 54.1 Å². The highest BCUT2D eigenvalue weighted by molar-refractivity contribution is 6.16. The lowest BCUT2D eigenvalue weighted by Gasteiger charge is -2.20. The summed E-state index contributed by atoms with van der Waals surface area (Å²) < 4.78 is 2.43. The number of fused-ring (bicyclic) bond motifs is 6. The Morgan fingerprint density at radius 1 is 0.309 bits per heavy atom. The predicted molar refractivity (Wildman–Crippen MR) is 228 cm³/mol. The van der Waals surface area contributed by atoms with E-state index in [0.717, 1.165) is 55.3 Å². The van der Waals surface area contributed by atoms with Gasteiger partial charge in [-0.1, -0.05) is 164 Å². The van der Waals surface area contributed by atoms with Crippen LogP contribution in [0.2, 0.25) is 0 Å². The van der Waals surface area contributed by atoms with Gasteiger partial charge in [-0.3, -0.25) is 0 Å². The van der Waals surface area contributed by atoms with E-state index >= 15 is 0 Å².